The van der Waals surface area contributed by atoms with E-state index in [0.29, 0.717) is 0 Å². The Morgan fingerprint density at radius 3 is 2.25 bits per heavy atom. The van der Waals surface area contributed by atoms with Gasteiger partial charge in [0.05, 0.1) is 5.75 Å². The number of ether oxygens (including phenoxy) is 1. The van der Waals surface area contributed by atoms with Crippen LogP contribution in [0.4, 0.5) is 4.79 Å². The van der Waals surface area contributed by atoms with Crippen LogP contribution in [0.1, 0.15) is 27.7 Å². The number of hydrogen-bond acceptors (Lipinski definition) is 5. The average molecular weight is 252 g/mol. The van der Waals surface area contributed by atoms with E-state index in [2.05, 4.69) is 10.9 Å². The van der Waals surface area contributed by atoms with E-state index in [1.807, 2.05) is 0 Å². The van der Waals surface area contributed by atoms with Crippen LogP contribution in [-0.2, 0) is 14.6 Å². The Morgan fingerprint density at radius 2 is 1.88 bits per heavy atom. The minimum Gasteiger partial charge on any atom is -0.443 e. The molecule has 1 atom stereocenters. The van der Waals surface area contributed by atoms with Gasteiger partial charge in [-0.1, -0.05) is 0 Å². The summed E-state index contributed by atoms with van der Waals surface area (Å²) in [5.74, 6) is -0.0528. The van der Waals surface area contributed by atoms with Crippen molar-refractivity contribution in [1.82, 2.24) is 10.9 Å². The number of hydrogen-bond donors (Lipinski definition) is 2. The van der Waals surface area contributed by atoms with Crippen molar-refractivity contribution in [2.24, 2.45) is 0 Å². The average Bonchev–Trinajstić information content (AvgIpc) is 1.94. The van der Waals surface area contributed by atoms with Crippen molar-refractivity contribution in [3.8, 4) is 0 Å². The molecule has 6 nitrogen and oxygen atoms in total. The van der Waals surface area contributed by atoms with Crippen LogP contribution in [0.5, 0.6) is 0 Å². The smallest absolute Gasteiger partial charge is 0.422 e. The van der Waals surface area contributed by atoms with Crippen molar-refractivity contribution in [3.05, 3.63) is 0 Å². The third kappa shape index (κ3) is 9.72. The molecule has 0 aliphatic heterocycles. The topological polar surface area (TPSA) is 84.5 Å². The first kappa shape index (κ1) is 15.2. The van der Waals surface area contributed by atoms with Gasteiger partial charge in [0.1, 0.15) is 15.4 Å². The summed E-state index contributed by atoms with van der Waals surface area (Å²) in [6, 6.07) is -0.373. The third-order valence-electron chi connectivity index (χ3n) is 1.37. The maximum atomic E-state index is 11.2. The molecule has 1 unspecified atom stereocenters. The maximum Gasteiger partial charge on any atom is 0.422 e. The molecule has 7 heteroatoms. The molecule has 0 fully saturated rings. The van der Waals surface area contributed by atoms with E-state index in [9.17, 15) is 13.2 Å². The van der Waals surface area contributed by atoms with Crippen LogP contribution >= 0.6 is 0 Å². The molecule has 0 bridgehead atoms. The van der Waals surface area contributed by atoms with E-state index in [1.165, 1.54) is 0 Å². The van der Waals surface area contributed by atoms with Crippen molar-refractivity contribution in [3.63, 3.8) is 0 Å². The number of carbonyl (C=O) groups excluding carboxylic acids is 1. The normalized spacial score (nSPS) is 14.3. The van der Waals surface area contributed by atoms with Crippen LogP contribution in [-0.4, -0.2) is 38.2 Å². The Hall–Kier alpha value is -0.820. The lowest BCUT2D eigenvalue weighted by Gasteiger charge is -2.21. The Morgan fingerprint density at radius 1 is 1.38 bits per heavy atom. The predicted octanol–water partition coefficient (Wildman–Crippen LogP) is 0.449. The van der Waals surface area contributed by atoms with Gasteiger partial charge < -0.3 is 4.74 Å². The van der Waals surface area contributed by atoms with Crippen LogP contribution in [0, 0.1) is 0 Å². The summed E-state index contributed by atoms with van der Waals surface area (Å²) in [7, 11) is -3.06. The summed E-state index contributed by atoms with van der Waals surface area (Å²) < 4.78 is 26.8. The number of hydrazine groups is 1. The van der Waals surface area contributed by atoms with E-state index < -0.39 is 21.5 Å². The van der Waals surface area contributed by atoms with Gasteiger partial charge in [0.15, 0.2) is 0 Å². The van der Waals surface area contributed by atoms with Gasteiger partial charge in [0.25, 0.3) is 0 Å². The zero-order chi connectivity index (χ0) is 13.0. The Kier molecular flexibility index (Phi) is 5.21. The molecular weight excluding hydrogens is 232 g/mol. The quantitative estimate of drug-likeness (QED) is 0.710. The van der Waals surface area contributed by atoms with Crippen LogP contribution < -0.4 is 10.9 Å². The lowest BCUT2D eigenvalue weighted by molar-refractivity contribution is 0.0491. The highest BCUT2D eigenvalue weighted by Crippen LogP contribution is 2.05. The standard InChI is InChI=1S/C9H20N2O4S/c1-7(6-16(5,13)14)10-11-8(12)15-9(2,3)4/h7,10H,6H2,1-5H3,(H,11,12). The van der Waals surface area contributed by atoms with Gasteiger partial charge in [0, 0.05) is 12.3 Å². The second-order valence-corrected chi connectivity index (χ2v) is 6.95. The fourth-order valence-electron chi connectivity index (χ4n) is 0.982. The first-order chi connectivity index (χ1) is 6.99. The van der Waals surface area contributed by atoms with E-state index in [4.69, 9.17) is 4.74 Å². The fourth-order valence-corrected chi connectivity index (χ4v) is 1.97. The van der Waals surface area contributed by atoms with Gasteiger partial charge in [-0.25, -0.2) is 18.6 Å². The lowest BCUT2D eigenvalue weighted by Crippen LogP contribution is -2.47. The molecule has 0 aromatic heterocycles. The molecule has 0 heterocycles. The number of sulfone groups is 1. The molecule has 16 heavy (non-hydrogen) atoms. The minimum absolute atomic E-state index is 0.0528. The van der Waals surface area contributed by atoms with Crippen molar-refractivity contribution >= 4 is 15.9 Å². The predicted molar refractivity (Wildman–Crippen MR) is 61.7 cm³/mol. The molecule has 0 aromatic rings. The minimum atomic E-state index is -3.06. The highest BCUT2D eigenvalue weighted by molar-refractivity contribution is 7.90. The molecule has 0 aromatic carbocycles. The molecule has 0 aliphatic rings. The second kappa shape index (κ2) is 5.49. The zero-order valence-corrected chi connectivity index (χ0v) is 11.1. The van der Waals surface area contributed by atoms with Gasteiger partial charge in [-0.15, -0.1) is 0 Å². The van der Waals surface area contributed by atoms with Gasteiger partial charge in [0.2, 0.25) is 0 Å². The molecular formula is C9H20N2O4S. The summed E-state index contributed by atoms with van der Waals surface area (Å²) in [6.45, 7) is 6.88. The molecule has 0 radical (unpaired) electrons. The molecule has 0 spiro atoms. The lowest BCUT2D eigenvalue weighted by atomic mass is 10.2. The summed E-state index contributed by atoms with van der Waals surface area (Å²) >= 11 is 0. The highest BCUT2D eigenvalue weighted by Gasteiger charge is 2.17. The number of rotatable bonds is 4. The van der Waals surface area contributed by atoms with Crippen molar-refractivity contribution in [2.75, 3.05) is 12.0 Å². The first-order valence-electron chi connectivity index (χ1n) is 4.92. The number of nitrogens with one attached hydrogen (secondary N) is 2. The second-order valence-electron chi connectivity index (χ2n) is 4.76. The summed E-state index contributed by atoms with van der Waals surface area (Å²) in [5.41, 5.74) is 4.27. The summed E-state index contributed by atoms with van der Waals surface area (Å²) in [6.07, 6.45) is 0.506. The van der Waals surface area contributed by atoms with Gasteiger partial charge in [-0.3, -0.25) is 5.43 Å². The summed E-state index contributed by atoms with van der Waals surface area (Å²) in [4.78, 5) is 11.2. The zero-order valence-electron chi connectivity index (χ0n) is 10.3. The van der Waals surface area contributed by atoms with E-state index in [0.717, 1.165) is 6.26 Å². The molecule has 0 rings (SSSR count). The summed E-state index contributed by atoms with van der Waals surface area (Å²) in [5, 5.41) is 0. The Bertz CT molecular complexity index is 332. The van der Waals surface area contributed by atoms with Crippen molar-refractivity contribution in [1.29, 1.82) is 0 Å². The van der Waals surface area contributed by atoms with Crippen LogP contribution in [0.2, 0.25) is 0 Å². The van der Waals surface area contributed by atoms with Crippen LogP contribution in [0.25, 0.3) is 0 Å². The maximum absolute atomic E-state index is 11.2. The Balaban J connectivity index is 3.94. The van der Waals surface area contributed by atoms with Crippen LogP contribution in [0.15, 0.2) is 0 Å². The molecule has 0 saturated heterocycles. The van der Waals surface area contributed by atoms with Gasteiger partial charge in [-0.05, 0) is 27.7 Å². The molecule has 2 N–H and O–H groups in total. The highest BCUT2D eigenvalue weighted by atomic mass is 32.2. The molecule has 0 aliphatic carbocycles. The third-order valence-corrected chi connectivity index (χ3v) is 2.48. The van der Waals surface area contributed by atoms with Gasteiger partial charge in [-0.2, -0.15) is 0 Å². The number of amides is 1. The Labute approximate surface area is 96.6 Å². The molecule has 0 saturated carbocycles. The van der Waals surface area contributed by atoms with E-state index in [1.54, 1.807) is 27.7 Å². The largest absolute Gasteiger partial charge is 0.443 e. The van der Waals surface area contributed by atoms with E-state index in [-0.39, 0.29) is 11.8 Å². The monoisotopic (exact) mass is 252 g/mol. The fraction of sp³-hybridized carbons (Fsp3) is 0.889. The van der Waals surface area contributed by atoms with E-state index >= 15 is 0 Å². The SMILES string of the molecule is CC(CS(C)(=O)=O)NNC(=O)OC(C)(C)C. The molecule has 1 amide bonds. The van der Waals surface area contributed by atoms with Crippen molar-refractivity contribution in [2.45, 2.75) is 39.3 Å². The van der Waals surface area contributed by atoms with Crippen LogP contribution in [0.3, 0.4) is 0 Å². The van der Waals surface area contributed by atoms with Crippen molar-refractivity contribution < 1.29 is 17.9 Å². The first-order valence-corrected chi connectivity index (χ1v) is 6.98. The van der Waals surface area contributed by atoms with Gasteiger partial charge >= 0.3 is 6.09 Å². The number of carbonyl (C=O) groups is 1. The molecule has 96 valence electrons.